The third-order valence-corrected chi connectivity index (χ3v) is 4.14. The van der Waals surface area contributed by atoms with Gasteiger partial charge in [0.1, 0.15) is 12.1 Å². The average molecular weight is 494 g/mol. The van der Waals surface area contributed by atoms with E-state index in [1.54, 1.807) is 25.4 Å². The molecule has 1 aromatic heterocycles. The van der Waals surface area contributed by atoms with Gasteiger partial charge >= 0.3 is 0 Å². The third kappa shape index (κ3) is 6.05. The number of benzene rings is 2. The highest BCUT2D eigenvalue weighted by molar-refractivity contribution is 14.0. The Morgan fingerprint density at radius 1 is 1.14 bits per heavy atom. The van der Waals surface area contributed by atoms with E-state index in [2.05, 4.69) is 32.3 Å². The molecule has 0 spiro atoms. The van der Waals surface area contributed by atoms with E-state index in [-0.39, 0.29) is 29.8 Å². The van der Waals surface area contributed by atoms with Crippen LogP contribution in [-0.4, -0.2) is 36.5 Å². The smallest absolute Gasteiger partial charge is 0.226 e. The number of nitrogens with zero attached hydrogens (tertiary/aromatic N) is 3. The molecule has 0 radical (unpaired) electrons. The Hall–Kier alpha value is -2.42. The van der Waals surface area contributed by atoms with Crippen LogP contribution in [0.5, 0.6) is 0 Å². The van der Waals surface area contributed by atoms with Gasteiger partial charge in [-0.25, -0.2) is 9.37 Å². The van der Waals surface area contributed by atoms with Crippen LogP contribution in [0.15, 0.2) is 70.3 Å². The summed E-state index contributed by atoms with van der Waals surface area (Å²) in [5.41, 5.74) is 2.82. The van der Waals surface area contributed by atoms with Crippen molar-refractivity contribution in [1.82, 2.24) is 15.2 Å². The molecule has 1 N–H and O–H groups in total. The molecule has 1 heterocycles. The summed E-state index contributed by atoms with van der Waals surface area (Å²) >= 11 is 0. The van der Waals surface area contributed by atoms with Gasteiger partial charge in [-0.05, 0) is 29.8 Å². The summed E-state index contributed by atoms with van der Waals surface area (Å²) in [5.74, 6) is 1.04. The van der Waals surface area contributed by atoms with Gasteiger partial charge in [0.2, 0.25) is 5.89 Å². The second-order valence-electron chi connectivity index (χ2n) is 6.22. The fourth-order valence-corrected chi connectivity index (χ4v) is 2.77. The van der Waals surface area contributed by atoms with E-state index in [0.29, 0.717) is 18.9 Å². The van der Waals surface area contributed by atoms with Crippen LogP contribution in [0.4, 0.5) is 4.39 Å². The van der Waals surface area contributed by atoms with Gasteiger partial charge in [-0.3, -0.25) is 4.99 Å². The first kappa shape index (κ1) is 21.9. The summed E-state index contributed by atoms with van der Waals surface area (Å²) in [5, 5.41) is 3.34. The number of halogens is 2. The zero-order valence-corrected chi connectivity index (χ0v) is 18.3. The first-order valence-electron chi connectivity index (χ1n) is 8.82. The van der Waals surface area contributed by atoms with Crippen LogP contribution >= 0.6 is 24.0 Å². The predicted octanol–water partition coefficient (Wildman–Crippen LogP) is 4.35. The average Bonchev–Trinajstić information content (AvgIpc) is 3.15. The van der Waals surface area contributed by atoms with Gasteiger partial charge in [0.25, 0.3) is 0 Å². The molecule has 3 aromatic rings. The van der Waals surface area contributed by atoms with Crippen molar-refractivity contribution in [1.29, 1.82) is 0 Å². The minimum absolute atomic E-state index is 0. The molecular formula is C21H24FIN4O. The van der Waals surface area contributed by atoms with Crippen LogP contribution in [0.25, 0.3) is 11.5 Å². The number of aliphatic imine (C=N–C) groups is 1. The maximum Gasteiger partial charge on any atom is 0.226 e. The molecule has 0 aliphatic heterocycles. The number of nitrogens with one attached hydrogen (secondary N) is 1. The molecule has 0 fully saturated rings. The Kier molecular flexibility index (Phi) is 8.43. The Labute approximate surface area is 181 Å². The fourth-order valence-electron chi connectivity index (χ4n) is 2.77. The zero-order valence-electron chi connectivity index (χ0n) is 15.9. The van der Waals surface area contributed by atoms with Crippen molar-refractivity contribution >= 4 is 29.9 Å². The molecule has 7 heteroatoms. The van der Waals surface area contributed by atoms with Crippen LogP contribution in [-0.2, 0) is 13.0 Å². The molecule has 0 unspecified atom stereocenters. The van der Waals surface area contributed by atoms with E-state index >= 15 is 0 Å². The number of rotatable bonds is 6. The molecule has 0 saturated carbocycles. The summed E-state index contributed by atoms with van der Waals surface area (Å²) in [6.45, 7) is 1.46. The van der Waals surface area contributed by atoms with Crippen LogP contribution < -0.4 is 5.32 Å². The summed E-state index contributed by atoms with van der Waals surface area (Å²) < 4.78 is 18.5. The Morgan fingerprint density at radius 2 is 1.86 bits per heavy atom. The predicted molar refractivity (Wildman–Crippen MR) is 120 cm³/mol. The molecule has 28 heavy (non-hydrogen) atoms. The van der Waals surface area contributed by atoms with Crippen molar-refractivity contribution in [3.05, 3.63) is 77.9 Å². The molecule has 0 aliphatic carbocycles. The Morgan fingerprint density at radius 3 is 2.54 bits per heavy atom. The molecular weight excluding hydrogens is 470 g/mol. The lowest BCUT2D eigenvalue weighted by atomic mass is 10.2. The lowest BCUT2D eigenvalue weighted by Crippen LogP contribution is -2.39. The molecule has 5 nitrogen and oxygen atoms in total. The highest BCUT2D eigenvalue weighted by Gasteiger charge is 2.09. The summed E-state index contributed by atoms with van der Waals surface area (Å²) in [7, 11) is 3.78. The van der Waals surface area contributed by atoms with Gasteiger partial charge in [0.15, 0.2) is 5.96 Å². The largest absolute Gasteiger partial charge is 0.444 e. The number of guanidine groups is 1. The van der Waals surface area contributed by atoms with E-state index in [0.717, 1.165) is 23.8 Å². The van der Waals surface area contributed by atoms with E-state index in [1.165, 1.54) is 17.7 Å². The zero-order chi connectivity index (χ0) is 19.1. The topological polar surface area (TPSA) is 53.7 Å². The van der Waals surface area contributed by atoms with Crippen LogP contribution in [0.2, 0.25) is 0 Å². The van der Waals surface area contributed by atoms with Crippen LogP contribution in [0.3, 0.4) is 0 Å². The fraction of sp³-hybridized carbons (Fsp3) is 0.238. The maximum absolute atomic E-state index is 13.0. The number of hydrogen-bond acceptors (Lipinski definition) is 3. The first-order valence-corrected chi connectivity index (χ1v) is 8.82. The van der Waals surface area contributed by atoms with Gasteiger partial charge in [-0.1, -0.05) is 30.3 Å². The molecule has 0 bridgehead atoms. The number of hydrogen-bond donors (Lipinski definition) is 1. The monoisotopic (exact) mass is 494 g/mol. The number of aromatic nitrogens is 1. The van der Waals surface area contributed by atoms with Crippen molar-refractivity contribution in [2.45, 2.75) is 13.0 Å². The molecule has 0 aliphatic rings. The van der Waals surface area contributed by atoms with Crippen LogP contribution in [0.1, 0.15) is 11.3 Å². The highest BCUT2D eigenvalue weighted by Crippen LogP contribution is 2.19. The van der Waals surface area contributed by atoms with Crippen molar-refractivity contribution in [2.75, 3.05) is 20.6 Å². The van der Waals surface area contributed by atoms with Crippen molar-refractivity contribution in [3.63, 3.8) is 0 Å². The Balaban J connectivity index is 0.00000280. The third-order valence-electron chi connectivity index (χ3n) is 4.14. The minimum Gasteiger partial charge on any atom is -0.444 e. The van der Waals surface area contributed by atoms with Gasteiger partial charge in [-0.15, -0.1) is 24.0 Å². The SMILES string of the molecule is CN=C(NCCc1coc(-c2ccc(F)cc2)n1)N(C)Cc1ccccc1.I. The molecule has 0 atom stereocenters. The Bertz CT molecular complexity index is 881. The highest BCUT2D eigenvalue weighted by atomic mass is 127. The lowest BCUT2D eigenvalue weighted by Gasteiger charge is -2.22. The van der Waals surface area contributed by atoms with Crippen molar-refractivity contribution < 1.29 is 8.81 Å². The quantitative estimate of drug-likeness (QED) is 0.315. The van der Waals surface area contributed by atoms with Gasteiger partial charge in [-0.2, -0.15) is 0 Å². The molecule has 148 valence electrons. The van der Waals surface area contributed by atoms with Crippen molar-refractivity contribution in [2.24, 2.45) is 4.99 Å². The first-order chi connectivity index (χ1) is 13.2. The maximum atomic E-state index is 13.0. The second-order valence-corrected chi connectivity index (χ2v) is 6.22. The van der Waals surface area contributed by atoms with E-state index in [9.17, 15) is 4.39 Å². The van der Waals surface area contributed by atoms with Gasteiger partial charge < -0.3 is 14.6 Å². The number of oxazole rings is 1. The normalized spacial score (nSPS) is 11.0. The van der Waals surface area contributed by atoms with Gasteiger partial charge in [0.05, 0.1) is 5.69 Å². The molecule has 2 aromatic carbocycles. The second kappa shape index (κ2) is 10.8. The van der Waals surface area contributed by atoms with E-state index in [4.69, 9.17) is 4.42 Å². The van der Waals surface area contributed by atoms with E-state index in [1.807, 2.05) is 25.2 Å². The minimum atomic E-state index is -0.277. The van der Waals surface area contributed by atoms with E-state index < -0.39 is 0 Å². The van der Waals surface area contributed by atoms with Crippen molar-refractivity contribution in [3.8, 4) is 11.5 Å². The summed E-state index contributed by atoms with van der Waals surface area (Å²) in [6.07, 6.45) is 2.33. The summed E-state index contributed by atoms with van der Waals surface area (Å²) in [4.78, 5) is 10.9. The van der Waals surface area contributed by atoms with Crippen LogP contribution in [0, 0.1) is 5.82 Å². The molecule has 3 rings (SSSR count). The molecule has 0 amide bonds. The standard InChI is InChI=1S/C21H23FN4O.HI/c1-23-21(26(2)14-16-6-4-3-5-7-16)24-13-12-19-15-27-20(25-19)17-8-10-18(22)11-9-17;/h3-11,15H,12-14H2,1-2H3,(H,23,24);1H. The molecule has 0 saturated heterocycles. The summed E-state index contributed by atoms with van der Waals surface area (Å²) in [6, 6.07) is 16.4. The lowest BCUT2D eigenvalue weighted by molar-refractivity contribution is 0.477. The van der Waals surface area contributed by atoms with Gasteiger partial charge in [0, 0.05) is 39.2 Å².